The molecule has 0 bridgehead atoms. The highest BCUT2D eigenvalue weighted by molar-refractivity contribution is 9.10. The van der Waals surface area contributed by atoms with E-state index < -0.39 is 11.5 Å². The fourth-order valence-corrected chi connectivity index (χ4v) is 3.65. The summed E-state index contributed by atoms with van der Waals surface area (Å²) in [6.07, 6.45) is 0.136. The van der Waals surface area contributed by atoms with Crippen LogP contribution < -0.4 is 14.4 Å². The molecule has 4 rings (SSSR count). The fraction of sp³-hybridized carbons (Fsp3) is 0.250. The summed E-state index contributed by atoms with van der Waals surface area (Å²) in [6, 6.07) is 12.3. The molecule has 2 heterocycles. The van der Waals surface area contributed by atoms with Gasteiger partial charge in [0, 0.05) is 22.5 Å². The van der Waals surface area contributed by atoms with Gasteiger partial charge in [0.15, 0.2) is 0 Å². The molecule has 144 valence electrons. The minimum atomic E-state index is -1.31. The number of benzene rings is 2. The third-order valence-corrected chi connectivity index (χ3v) is 5.36. The van der Waals surface area contributed by atoms with Gasteiger partial charge in [-0.05, 0) is 36.4 Å². The maximum Gasteiger partial charge on any atom is 0.281 e. The maximum absolute atomic E-state index is 13.1. The summed E-state index contributed by atoms with van der Waals surface area (Å²) in [5.74, 6) is 0.479. The highest BCUT2D eigenvalue weighted by Crippen LogP contribution is 2.40. The fourth-order valence-electron chi connectivity index (χ4n) is 3.38. The van der Waals surface area contributed by atoms with Crippen molar-refractivity contribution in [2.75, 3.05) is 19.1 Å². The van der Waals surface area contributed by atoms with Crippen molar-refractivity contribution in [3.63, 3.8) is 0 Å². The molecular weight excluding hydrogens is 428 g/mol. The van der Waals surface area contributed by atoms with Crippen LogP contribution in [0.2, 0.25) is 0 Å². The number of amides is 2. The average molecular weight is 445 g/mol. The van der Waals surface area contributed by atoms with Gasteiger partial charge in [0.25, 0.3) is 5.91 Å². The Hall–Kier alpha value is -2.87. The van der Waals surface area contributed by atoms with E-state index in [0.29, 0.717) is 22.9 Å². The lowest BCUT2D eigenvalue weighted by Gasteiger charge is -2.19. The van der Waals surface area contributed by atoms with Crippen LogP contribution in [0.25, 0.3) is 0 Å². The molecule has 1 atom stereocenters. The van der Waals surface area contributed by atoms with E-state index in [1.54, 1.807) is 56.7 Å². The van der Waals surface area contributed by atoms with Crippen molar-refractivity contribution in [2.45, 2.75) is 18.4 Å². The molecule has 0 N–H and O–H groups in total. The maximum atomic E-state index is 13.1. The Morgan fingerprint density at radius 3 is 2.29 bits per heavy atom. The first-order valence-corrected chi connectivity index (χ1v) is 9.36. The van der Waals surface area contributed by atoms with Crippen molar-refractivity contribution in [3.05, 3.63) is 52.5 Å². The van der Waals surface area contributed by atoms with Crippen LogP contribution in [0.1, 0.15) is 18.4 Å². The summed E-state index contributed by atoms with van der Waals surface area (Å²) in [5, 5.41) is 4.12. The molecule has 0 aromatic heterocycles. The number of anilines is 1. The summed E-state index contributed by atoms with van der Waals surface area (Å²) in [4.78, 5) is 32.4. The van der Waals surface area contributed by atoms with Crippen LogP contribution in [0, 0.1) is 0 Å². The lowest BCUT2D eigenvalue weighted by molar-refractivity contribution is -0.136. The van der Waals surface area contributed by atoms with E-state index in [9.17, 15) is 9.59 Å². The average Bonchev–Trinajstić information content (AvgIpc) is 3.24. The van der Waals surface area contributed by atoms with Crippen LogP contribution in [-0.2, 0) is 14.4 Å². The molecule has 28 heavy (non-hydrogen) atoms. The molecule has 1 saturated heterocycles. The predicted octanol–water partition coefficient (Wildman–Crippen LogP) is 3.29. The summed E-state index contributed by atoms with van der Waals surface area (Å²) >= 11 is 3.35. The summed E-state index contributed by atoms with van der Waals surface area (Å²) in [5.41, 5.74) is 0.483. The van der Waals surface area contributed by atoms with Crippen LogP contribution in [0.3, 0.4) is 0 Å². The van der Waals surface area contributed by atoms with E-state index in [1.807, 2.05) is 0 Å². The second kappa shape index (κ2) is 6.94. The van der Waals surface area contributed by atoms with Crippen molar-refractivity contribution in [2.24, 2.45) is 5.16 Å². The normalized spacial score (nSPS) is 21.1. The van der Waals surface area contributed by atoms with Crippen LogP contribution in [0.15, 0.2) is 52.1 Å². The van der Waals surface area contributed by atoms with E-state index >= 15 is 0 Å². The number of carbonyl (C=O) groups excluding carboxylic acids is 2. The van der Waals surface area contributed by atoms with Crippen LogP contribution >= 0.6 is 15.9 Å². The molecule has 0 aliphatic carbocycles. The number of rotatable bonds is 4. The topological polar surface area (TPSA) is 77.4 Å². The zero-order valence-electron chi connectivity index (χ0n) is 15.3. The van der Waals surface area contributed by atoms with Crippen molar-refractivity contribution < 1.29 is 23.9 Å². The number of nitrogens with zero attached hydrogens (tertiary/aromatic N) is 2. The molecule has 1 spiro atoms. The van der Waals surface area contributed by atoms with Gasteiger partial charge >= 0.3 is 0 Å². The smallest absolute Gasteiger partial charge is 0.281 e. The van der Waals surface area contributed by atoms with E-state index in [1.165, 1.54) is 0 Å². The van der Waals surface area contributed by atoms with E-state index in [4.69, 9.17) is 14.3 Å². The molecule has 8 heteroatoms. The zero-order chi connectivity index (χ0) is 19.9. The number of halogens is 1. The first-order valence-electron chi connectivity index (χ1n) is 8.57. The van der Waals surface area contributed by atoms with Crippen molar-refractivity contribution >= 4 is 39.1 Å². The van der Waals surface area contributed by atoms with Gasteiger partial charge in [-0.3, -0.25) is 9.59 Å². The van der Waals surface area contributed by atoms with Crippen LogP contribution in [0.5, 0.6) is 11.5 Å². The summed E-state index contributed by atoms with van der Waals surface area (Å²) in [6.45, 7) is 0. The third-order valence-electron chi connectivity index (χ3n) is 4.83. The molecule has 0 saturated carbocycles. The standard InChI is InChI=1S/C20H17BrN2O5/c1-26-15-7-12(8-16(9-15)27-2)17-10-20(28-22-17)11-18(24)23(19(20)25)14-5-3-13(21)4-6-14/h3-9H,10-11H2,1-2H3. The summed E-state index contributed by atoms with van der Waals surface area (Å²) in [7, 11) is 3.12. The Balaban J connectivity index is 1.61. The zero-order valence-corrected chi connectivity index (χ0v) is 16.9. The molecule has 2 amide bonds. The Morgan fingerprint density at radius 2 is 1.68 bits per heavy atom. The van der Waals surface area contributed by atoms with Crippen molar-refractivity contribution in [3.8, 4) is 11.5 Å². The van der Waals surface area contributed by atoms with Crippen LogP contribution in [-0.4, -0.2) is 37.3 Å². The summed E-state index contributed by atoms with van der Waals surface area (Å²) < 4.78 is 11.4. The lowest BCUT2D eigenvalue weighted by Crippen LogP contribution is -2.40. The van der Waals surface area contributed by atoms with E-state index in [-0.39, 0.29) is 18.7 Å². The number of carbonyl (C=O) groups is 2. The second-order valence-electron chi connectivity index (χ2n) is 6.59. The molecule has 2 aromatic carbocycles. The molecule has 2 aromatic rings. The molecular formula is C20H17BrN2O5. The number of ether oxygens (including phenoxy) is 2. The van der Waals surface area contributed by atoms with Crippen LogP contribution in [0.4, 0.5) is 5.69 Å². The van der Waals surface area contributed by atoms with E-state index in [2.05, 4.69) is 21.1 Å². The molecule has 7 nitrogen and oxygen atoms in total. The van der Waals surface area contributed by atoms with Gasteiger partial charge in [-0.15, -0.1) is 0 Å². The first-order chi connectivity index (χ1) is 13.5. The minimum absolute atomic E-state index is 0.0595. The third kappa shape index (κ3) is 3.03. The minimum Gasteiger partial charge on any atom is -0.497 e. The Morgan fingerprint density at radius 1 is 1.04 bits per heavy atom. The molecule has 2 aliphatic rings. The number of hydrogen-bond acceptors (Lipinski definition) is 6. The van der Waals surface area contributed by atoms with Gasteiger partial charge < -0.3 is 14.3 Å². The monoisotopic (exact) mass is 444 g/mol. The molecule has 0 radical (unpaired) electrons. The molecule has 2 aliphatic heterocycles. The van der Waals surface area contributed by atoms with Gasteiger partial charge in [0.1, 0.15) is 11.5 Å². The van der Waals surface area contributed by atoms with E-state index in [0.717, 1.165) is 14.9 Å². The predicted molar refractivity (Wildman–Crippen MR) is 106 cm³/mol. The highest BCUT2D eigenvalue weighted by Gasteiger charge is 2.58. The highest BCUT2D eigenvalue weighted by atomic mass is 79.9. The largest absolute Gasteiger partial charge is 0.497 e. The van der Waals surface area contributed by atoms with Gasteiger partial charge in [-0.2, -0.15) is 0 Å². The first kappa shape index (κ1) is 18.5. The van der Waals surface area contributed by atoms with Gasteiger partial charge in [-0.25, -0.2) is 4.90 Å². The Labute approximate surface area is 170 Å². The second-order valence-corrected chi connectivity index (χ2v) is 7.50. The SMILES string of the molecule is COc1cc(OC)cc(C2=NOC3(CC(=O)N(c4ccc(Br)cc4)C3=O)C2)c1. The number of imide groups is 1. The Bertz CT molecular complexity index is 966. The quantitative estimate of drug-likeness (QED) is 0.676. The number of oxime groups is 1. The van der Waals surface area contributed by atoms with Gasteiger partial charge in [0.2, 0.25) is 11.5 Å². The van der Waals surface area contributed by atoms with Gasteiger partial charge in [-0.1, -0.05) is 21.1 Å². The number of hydrogen-bond donors (Lipinski definition) is 0. The van der Waals surface area contributed by atoms with Gasteiger partial charge in [0.05, 0.1) is 32.0 Å². The lowest BCUT2D eigenvalue weighted by atomic mass is 9.92. The van der Waals surface area contributed by atoms with Crippen molar-refractivity contribution in [1.29, 1.82) is 0 Å². The molecule has 1 fully saturated rings. The van der Waals surface area contributed by atoms with Crippen molar-refractivity contribution in [1.82, 2.24) is 0 Å². The number of methoxy groups -OCH3 is 2. The molecule has 1 unspecified atom stereocenters. The Kier molecular flexibility index (Phi) is 4.58.